The van der Waals surface area contributed by atoms with Crippen LogP contribution in [0, 0.1) is 6.92 Å². The minimum absolute atomic E-state index is 0.00799. The molecule has 0 unspecified atom stereocenters. The lowest BCUT2D eigenvalue weighted by atomic mass is 9.96. The van der Waals surface area contributed by atoms with Crippen LogP contribution in [0.2, 0.25) is 0 Å². The largest absolute Gasteiger partial charge is 0.339 e. The second-order valence-electron chi connectivity index (χ2n) is 8.46. The van der Waals surface area contributed by atoms with Crippen LogP contribution in [0.1, 0.15) is 39.8 Å². The maximum atomic E-state index is 13.6. The van der Waals surface area contributed by atoms with Gasteiger partial charge < -0.3 is 9.42 Å². The zero-order valence-corrected chi connectivity index (χ0v) is 19.0. The molecule has 7 heteroatoms. The van der Waals surface area contributed by atoms with Gasteiger partial charge in [0.05, 0.1) is 37.6 Å². The molecule has 0 aliphatic carbocycles. The molecule has 5 aromatic rings. The monoisotopic (exact) mass is 454 g/mol. The van der Waals surface area contributed by atoms with Crippen LogP contribution in [-0.2, 0) is 0 Å². The van der Waals surface area contributed by atoms with Crippen LogP contribution >= 0.6 is 11.3 Å². The van der Waals surface area contributed by atoms with Crippen molar-refractivity contribution in [3.8, 4) is 11.3 Å². The third-order valence-electron chi connectivity index (χ3n) is 6.36. The Kier molecular flexibility index (Phi) is 4.91. The Balaban J connectivity index is 1.28. The minimum Gasteiger partial charge on any atom is -0.339 e. The van der Waals surface area contributed by atoms with E-state index in [1.165, 1.54) is 9.71 Å². The number of aromatic nitrogens is 3. The second-order valence-corrected chi connectivity index (χ2v) is 9.52. The number of rotatable bonds is 3. The summed E-state index contributed by atoms with van der Waals surface area (Å²) < 4.78 is 6.68. The highest BCUT2D eigenvalue weighted by Crippen LogP contribution is 2.35. The van der Waals surface area contributed by atoms with Crippen molar-refractivity contribution in [2.75, 3.05) is 13.1 Å². The first-order chi connectivity index (χ1) is 16.2. The van der Waals surface area contributed by atoms with E-state index in [2.05, 4.69) is 28.3 Å². The maximum Gasteiger partial charge on any atom is 0.259 e. The lowest BCUT2D eigenvalue weighted by Gasteiger charge is -2.31. The number of hydrogen-bond donors (Lipinski definition) is 0. The summed E-state index contributed by atoms with van der Waals surface area (Å²) in [6.07, 6.45) is 1.82. The summed E-state index contributed by atoms with van der Waals surface area (Å²) in [6.45, 7) is 3.26. The molecule has 6 nitrogen and oxygen atoms in total. The Bertz CT molecular complexity index is 1430. The Labute approximate surface area is 194 Å². The van der Waals surface area contributed by atoms with Gasteiger partial charge in [-0.1, -0.05) is 47.6 Å². The lowest BCUT2D eigenvalue weighted by Crippen LogP contribution is -2.38. The number of pyridine rings is 1. The molecule has 0 N–H and O–H groups in total. The van der Waals surface area contributed by atoms with Crippen LogP contribution in [0.4, 0.5) is 0 Å². The molecular formula is C26H22N4O2S. The average molecular weight is 455 g/mol. The number of thiazole rings is 1. The molecule has 0 bridgehead atoms. The van der Waals surface area contributed by atoms with Gasteiger partial charge >= 0.3 is 0 Å². The quantitative estimate of drug-likeness (QED) is 0.343. The summed E-state index contributed by atoms with van der Waals surface area (Å²) in [5.74, 6) is 0.398. The molecule has 1 fully saturated rings. The van der Waals surface area contributed by atoms with Crippen molar-refractivity contribution in [1.82, 2.24) is 20.0 Å². The molecule has 3 aromatic heterocycles. The van der Waals surface area contributed by atoms with E-state index >= 15 is 0 Å². The molecule has 0 spiro atoms. The summed E-state index contributed by atoms with van der Waals surface area (Å²) in [5, 5.41) is 5.95. The number of aryl methyl sites for hydroxylation is 1. The Morgan fingerprint density at radius 1 is 1.03 bits per heavy atom. The van der Waals surface area contributed by atoms with Crippen LogP contribution in [0.3, 0.4) is 0 Å². The molecule has 0 atom stereocenters. The van der Waals surface area contributed by atoms with Gasteiger partial charge in [0.1, 0.15) is 0 Å². The van der Waals surface area contributed by atoms with Gasteiger partial charge in [0.15, 0.2) is 0 Å². The number of para-hydroxylation sites is 1. The molecule has 0 radical (unpaired) electrons. The molecule has 6 rings (SSSR count). The first kappa shape index (κ1) is 20.1. The number of fused-ring (bicyclic) bond motifs is 2. The highest BCUT2D eigenvalue weighted by Gasteiger charge is 2.29. The molecule has 4 heterocycles. The van der Waals surface area contributed by atoms with E-state index in [9.17, 15) is 4.79 Å². The molecule has 164 valence electrons. The third-order valence-corrected chi connectivity index (χ3v) is 7.56. The Hall–Kier alpha value is -3.58. The molecular weight excluding hydrogens is 432 g/mol. The summed E-state index contributed by atoms with van der Waals surface area (Å²) in [4.78, 5) is 25.1. The first-order valence-electron chi connectivity index (χ1n) is 11.1. The number of likely N-dealkylation sites (tertiary alicyclic amines) is 1. The molecule has 0 saturated carbocycles. The van der Waals surface area contributed by atoms with Gasteiger partial charge in [0.2, 0.25) is 0 Å². The van der Waals surface area contributed by atoms with E-state index < -0.39 is 0 Å². The van der Waals surface area contributed by atoms with E-state index in [0.29, 0.717) is 47.1 Å². The van der Waals surface area contributed by atoms with Gasteiger partial charge in [0, 0.05) is 24.6 Å². The summed E-state index contributed by atoms with van der Waals surface area (Å²) in [7, 11) is 0. The minimum atomic E-state index is 0.00799. The second kappa shape index (κ2) is 8.08. The zero-order valence-electron chi connectivity index (χ0n) is 18.2. The van der Waals surface area contributed by atoms with E-state index in [4.69, 9.17) is 9.51 Å². The topological polar surface area (TPSA) is 72.1 Å². The van der Waals surface area contributed by atoms with Crippen LogP contribution < -0.4 is 0 Å². The fraction of sp³-hybridized carbons (Fsp3) is 0.231. The number of carbonyl (C=O) groups is 1. The molecule has 33 heavy (non-hydrogen) atoms. The fourth-order valence-corrected chi connectivity index (χ4v) is 5.72. The van der Waals surface area contributed by atoms with Crippen LogP contribution in [0.25, 0.3) is 32.6 Å². The zero-order chi connectivity index (χ0) is 22.4. The predicted molar refractivity (Wildman–Crippen MR) is 129 cm³/mol. The highest BCUT2D eigenvalue weighted by atomic mass is 32.1. The van der Waals surface area contributed by atoms with Gasteiger partial charge in [-0.2, -0.15) is 0 Å². The first-order valence-corrected chi connectivity index (χ1v) is 12.0. The molecule has 1 aliphatic rings. The average Bonchev–Trinajstić information content (AvgIpc) is 3.47. The SMILES string of the molecule is Cc1noc2nc(-c3ccccc3)cc(C(=O)N3CCC(c4nc5ccccc5s4)CC3)c12. The third kappa shape index (κ3) is 3.58. The van der Waals surface area contributed by atoms with Gasteiger partial charge in [0.25, 0.3) is 11.6 Å². The molecule has 1 aliphatic heterocycles. The summed E-state index contributed by atoms with van der Waals surface area (Å²) in [5.41, 5.74) is 4.41. The maximum absolute atomic E-state index is 13.6. The standard InChI is InChI=1S/C26H22N4O2S/c1-16-23-19(15-21(27-24(23)32-29-16)17-7-3-2-4-8-17)26(31)30-13-11-18(12-14-30)25-28-20-9-5-6-10-22(20)33-25/h2-10,15,18H,11-14H2,1H3. The highest BCUT2D eigenvalue weighted by molar-refractivity contribution is 7.18. The predicted octanol–water partition coefficient (Wildman–Crippen LogP) is 5.83. The number of carbonyl (C=O) groups excluding carboxylic acids is 1. The van der Waals surface area contributed by atoms with Crippen molar-refractivity contribution in [3.05, 3.63) is 76.9 Å². The van der Waals surface area contributed by atoms with Crippen molar-refractivity contribution >= 4 is 38.6 Å². The van der Waals surface area contributed by atoms with Gasteiger partial charge in [-0.05, 0) is 38.0 Å². The van der Waals surface area contributed by atoms with Crippen molar-refractivity contribution in [1.29, 1.82) is 0 Å². The van der Waals surface area contributed by atoms with E-state index in [-0.39, 0.29) is 5.91 Å². The normalized spacial score (nSPS) is 14.9. The van der Waals surface area contributed by atoms with E-state index in [1.54, 1.807) is 11.3 Å². The van der Waals surface area contributed by atoms with Crippen molar-refractivity contribution in [3.63, 3.8) is 0 Å². The van der Waals surface area contributed by atoms with Crippen molar-refractivity contribution < 1.29 is 9.32 Å². The number of nitrogens with zero attached hydrogens (tertiary/aromatic N) is 4. The number of piperidine rings is 1. The number of benzene rings is 2. The Morgan fingerprint density at radius 2 is 1.79 bits per heavy atom. The molecule has 1 amide bonds. The van der Waals surface area contributed by atoms with Gasteiger partial charge in [-0.15, -0.1) is 11.3 Å². The number of amides is 1. The summed E-state index contributed by atoms with van der Waals surface area (Å²) in [6, 6.07) is 20.0. The molecule has 1 saturated heterocycles. The van der Waals surface area contributed by atoms with Crippen LogP contribution in [0.15, 0.2) is 65.2 Å². The van der Waals surface area contributed by atoms with Gasteiger partial charge in [-0.25, -0.2) is 9.97 Å². The molecule has 2 aromatic carbocycles. The lowest BCUT2D eigenvalue weighted by molar-refractivity contribution is 0.0715. The van der Waals surface area contributed by atoms with Gasteiger partial charge in [-0.3, -0.25) is 4.79 Å². The van der Waals surface area contributed by atoms with Crippen LogP contribution in [-0.4, -0.2) is 39.0 Å². The number of hydrogen-bond acceptors (Lipinski definition) is 6. The van der Waals surface area contributed by atoms with Crippen molar-refractivity contribution in [2.45, 2.75) is 25.7 Å². The smallest absolute Gasteiger partial charge is 0.259 e. The van der Waals surface area contributed by atoms with Crippen molar-refractivity contribution in [2.24, 2.45) is 0 Å². The fourth-order valence-electron chi connectivity index (χ4n) is 4.58. The van der Waals surface area contributed by atoms with E-state index in [0.717, 1.165) is 23.9 Å². The summed E-state index contributed by atoms with van der Waals surface area (Å²) >= 11 is 1.77. The Morgan fingerprint density at radius 3 is 2.58 bits per heavy atom. The van der Waals surface area contributed by atoms with E-state index in [1.807, 2.05) is 54.3 Å². The van der Waals surface area contributed by atoms with Crippen LogP contribution in [0.5, 0.6) is 0 Å².